The van der Waals surface area contributed by atoms with E-state index in [2.05, 4.69) is 10.3 Å². The van der Waals surface area contributed by atoms with Gasteiger partial charge in [0.15, 0.2) is 5.03 Å². The Bertz CT molecular complexity index is 581. The van der Waals surface area contributed by atoms with Crippen molar-refractivity contribution >= 4 is 15.7 Å². The van der Waals surface area contributed by atoms with Crippen LogP contribution >= 0.6 is 0 Å². The quantitative estimate of drug-likeness (QED) is 0.636. The Hall–Kier alpha value is -1.58. The van der Waals surface area contributed by atoms with Gasteiger partial charge in [-0.3, -0.25) is 10.1 Å². The molecule has 0 radical (unpaired) electrons. The average Bonchev–Trinajstić information content (AvgIpc) is 2.47. The Balaban J connectivity index is 2.22. The third kappa shape index (κ3) is 2.94. The smallest absolute Gasteiger partial charge is 0.287 e. The van der Waals surface area contributed by atoms with E-state index in [0.29, 0.717) is 6.54 Å². The van der Waals surface area contributed by atoms with Crippen LogP contribution in [0.15, 0.2) is 23.4 Å². The van der Waals surface area contributed by atoms with Crippen LogP contribution in [0.5, 0.6) is 0 Å². The molecule has 9 heteroatoms. The van der Waals surface area contributed by atoms with E-state index >= 15 is 0 Å². The van der Waals surface area contributed by atoms with Gasteiger partial charge in [0.25, 0.3) is 15.7 Å². The van der Waals surface area contributed by atoms with Gasteiger partial charge < -0.3 is 5.32 Å². The van der Waals surface area contributed by atoms with Crippen molar-refractivity contribution in [2.45, 2.75) is 23.9 Å². The molecule has 1 saturated heterocycles. The van der Waals surface area contributed by atoms with Gasteiger partial charge in [0.2, 0.25) is 0 Å². The lowest BCUT2D eigenvalue weighted by atomic mass is 10.1. The Labute approximate surface area is 117 Å². The van der Waals surface area contributed by atoms with Crippen LogP contribution in [-0.4, -0.2) is 48.8 Å². The molecule has 0 saturated carbocycles. The molecule has 110 valence electrons. The van der Waals surface area contributed by atoms with Crippen molar-refractivity contribution < 1.29 is 13.3 Å². The summed E-state index contributed by atoms with van der Waals surface area (Å²) in [5, 5.41) is 13.5. The minimum atomic E-state index is -3.72. The fourth-order valence-electron chi connectivity index (χ4n) is 2.12. The summed E-state index contributed by atoms with van der Waals surface area (Å²) < 4.78 is 26.0. The number of nitro groups is 1. The molecule has 0 aliphatic carbocycles. The van der Waals surface area contributed by atoms with Gasteiger partial charge in [-0.25, -0.2) is 13.4 Å². The van der Waals surface area contributed by atoms with Crippen molar-refractivity contribution in [2.75, 3.05) is 20.1 Å². The fourth-order valence-corrected chi connectivity index (χ4v) is 3.41. The predicted molar refractivity (Wildman–Crippen MR) is 71.7 cm³/mol. The highest BCUT2D eigenvalue weighted by Crippen LogP contribution is 2.19. The second-order valence-electron chi connectivity index (χ2n) is 4.63. The molecule has 0 aromatic carbocycles. The van der Waals surface area contributed by atoms with Crippen LogP contribution in [0.4, 0.5) is 5.69 Å². The number of pyridine rings is 1. The molecule has 20 heavy (non-hydrogen) atoms. The minimum absolute atomic E-state index is 0.120. The summed E-state index contributed by atoms with van der Waals surface area (Å²) in [6.45, 7) is 1.49. The van der Waals surface area contributed by atoms with E-state index in [9.17, 15) is 18.5 Å². The zero-order chi connectivity index (χ0) is 14.8. The molecule has 1 aromatic heterocycles. The van der Waals surface area contributed by atoms with Crippen molar-refractivity contribution in [3.8, 4) is 0 Å². The van der Waals surface area contributed by atoms with E-state index < -0.39 is 14.9 Å². The van der Waals surface area contributed by atoms with Crippen LogP contribution in [0.25, 0.3) is 0 Å². The van der Waals surface area contributed by atoms with Gasteiger partial charge in [-0.2, -0.15) is 4.31 Å². The van der Waals surface area contributed by atoms with Crippen molar-refractivity contribution in [1.82, 2.24) is 14.6 Å². The first-order valence-corrected chi connectivity index (χ1v) is 7.66. The topological polar surface area (TPSA) is 105 Å². The summed E-state index contributed by atoms with van der Waals surface area (Å²) >= 11 is 0. The number of nitrogens with one attached hydrogen (secondary N) is 1. The Kier molecular flexibility index (Phi) is 4.31. The molecule has 1 N–H and O–H groups in total. The second-order valence-corrected chi connectivity index (χ2v) is 6.58. The van der Waals surface area contributed by atoms with E-state index in [1.165, 1.54) is 17.4 Å². The van der Waals surface area contributed by atoms with E-state index in [4.69, 9.17) is 0 Å². The molecule has 1 aliphatic rings. The van der Waals surface area contributed by atoms with E-state index in [1.54, 1.807) is 0 Å². The van der Waals surface area contributed by atoms with Crippen molar-refractivity contribution in [1.29, 1.82) is 0 Å². The summed E-state index contributed by atoms with van der Waals surface area (Å²) in [6, 6.07) is 2.19. The molecule has 2 heterocycles. The summed E-state index contributed by atoms with van der Waals surface area (Å²) in [5.41, 5.74) is -0.231. The molecule has 0 unspecified atom stereocenters. The van der Waals surface area contributed by atoms with Gasteiger partial charge in [0.05, 0.1) is 4.92 Å². The van der Waals surface area contributed by atoms with Gasteiger partial charge >= 0.3 is 0 Å². The van der Waals surface area contributed by atoms with Crippen molar-refractivity contribution in [2.24, 2.45) is 0 Å². The standard InChI is InChI=1S/C11H16N4O4S/c1-14(9-3-2-6-12-7-9)20(18,19)11-5-4-10(8-13-11)15(16)17/h4-5,8-9,12H,2-3,6-7H2,1H3/t9-/m0/s1. The monoisotopic (exact) mass is 300 g/mol. The average molecular weight is 300 g/mol. The number of likely N-dealkylation sites (N-methyl/N-ethyl adjacent to an activating group) is 1. The molecule has 1 aromatic rings. The van der Waals surface area contributed by atoms with Gasteiger partial charge in [-0.1, -0.05) is 0 Å². The van der Waals surface area contributed by atoms with Crippen LogP contribution in [0.1, 0.15) is 12.8 Å². The Morgan fingerprint density at radius 2 is 2.25 bits per heavy atom. The van der Waals surface area contributed by atoms with Gasteiger partial charge in [-0.15, -0.1) is 0 Å². The van der Waals surface area contributed by atoms with Gasteiger partial charge in [0, 0.05) is 25.7 Å². The van der Waals surface area contributed by atoms with E-state index in [0.717, 1.165) is 31.6 Å². The molecular weight excluding hydrogens is 284 g/mol. The number of hydrogen-bond donors (Lipinski definition) is 1. The van der Waals surface area contributed by atoms with Crippen molar-refractivity contribution in [3.05, 3.63) is 28.4 Å². The number of piperidine rings is 1. The summed E-state index contributed by atoms with van der Waals surface area (Å²) in [6.07, 6.45) is 2.66. The summed E-state index contributed by atoms with van der Waals surface area (Å²) in [5.74, 6) is 0. The fraction of sp³-hybridized carbons (Fsp3) is 0.545. The first-order valence-electron chi connectivity index (χ1n) is 6.22. The molecule has 1 fully saturated rings. The van der Waals surface area contributed by atoms with E-state index in [-0.39, 0.29) is 16.8 Å². The maximum Gasteiger partial charge on any atom is 0.287 e. The zero-order valence-electron chi connectivity index (χ0n) is 11.0. The maximum atomic E-state index is 12.4. The van der Waals surface area contributed by atoms with Crippen LogP contribution in [-0.2, 0) is 10.0 Å². The lowest BCUT2D eigenvalue weighted by Gasteiger charge is -2.30. The van der Waals surface area contributed by atoms with Crippen LogP contribution in [0, 0.1) is 10.1 Å². The van der Waals surface area contributed by atoms with Crippen LogP contribution in [0.2, 0.25) is 0 Å². The lowest BCUT2D eigenvalue weighted by molar-refractivity contribution is -0.385. The number of nitrogens with zero attached hydrogens (tertiary/aromatic N) is 3. The molecular formula is C11H16N4O4S. The summed E-state index contributed by atoms with van der Waals surface area (Å²) in [7, 11) is -2.21. The highest BCUT2D eigenvalue weighted by molar-refractivity contribution is 7.89. The van der Waals surface area contributed by atoms with Gasteiger partial charge in [-0.05, 0) is 25.5 Å². The normalized spacial score (nSPS) is 20.0. The molecule has 0 bridgehead atoms. The third-order valence-electron chi connectivity index (χ3n) is 3.36. The van der Waals surface area contributed by atoms with Crippen LogP contribution in [0.3, 0.4) is 0 Å². The summed E-state index contributed by atoms with van der Waals surface area (Å²) in [4.78, 5) is 13.6. The highest BCUT2D eigenvalue weighted by atomic mass is 32.2. The van der Waals surface area contributed by atoms with Gasteiger partial charge in [0.1, 0.15) is 6.20 Å². The number of hydrogen-bond acceptors (Lipinski definition) is 6. The molecule has 8 nitrogen and oxygen atoms in total. The molecule has 1 atom stereocenters. The Morgan fingerprint density at radius 1 is 1.50 bits per heavy atom. The lowest BCUT2D eigenvalue weighted by Crippen LogP contribution is -2.46. The second kappa shape index (κ2) is 5.81. The first-order chi connectivity index (χ1) is 9.43. The first kappa shape index (κ1) is 14.8. The Morgan fingerprint density at radius 3 is 2.75 bits per heavy atom. The maximum absolute atomic E-state index is 12.4. The molecule has 2 rings (SSSR count). The minimum Gasteiger partial charge on any atom is -0.315 e. The number of rotatable bonds is 4. The SMILES string of the molecule is CN([C@H]1CCCNC1)S(=O)(=O)c1ccc([N+](=O)[O-])cn1. The largest absolute Gasteiger partial charge is 0.315 e. The zero-order valence-corrected chi connectivity index (χ0v) is 11.8. The van der Waals surface area contributed by atoms with E-state index in [1.807, 2.05) is 0 Å². The third-order valence-corrected chi connectivity index (χ3v) is 5.19. The van der Waals surface area contributed by atoms with Crippen LogP contribution < -0.4 is 5.32 Å². The molecule has 1 aliphatic heterocycles. The number of sulfonamides is 1. The molecule has 0 amide bonds. The highest BCUT2D eigenvalue weighted by Gasteiger charge is 2.30. The predicted octanol–water partition coefficient (Wildman–Crippen LogP) is 0.362. The number of aromatic nitrogens is 1. The van der Waals surface area contributed by atoms with Crippen molar-refractivity contribution in [3.63, 3.8) is 0 Å². The molecule has 0 spiro atoms.